The standard InChI is InChI=1S/C14H14F2N2O4/c1-21-7-8-5-11(18-22-8)14(20)17-6-12(19)13-9(15)3-2-4-10(13)16/h2-5,12,19H,6-7H2,1H3,(H,17,20). The molecule has 0 aliphatic heterocycles. The fraction of sp³-hybridized carbons (Fsp3) is 0.286. The van der Waals surface area contributed by atoms with Crippen LogP contribution >= 0.6 is 0 Å². The van der Waals surface area contributed by atoms with Gasteiger partial charge in [-0.15, -0.1) is 0 Å². The molecular formula is C14H14F2N2O4. The Kier molecular flexibility index (Phi) is 5.18. The zero-order valence-corrected chi connectivity index (χ0v) is 11.7. The van der Waals surface area contributed by atoms with Gasteiger partial charge in [-0.2, -0.15) is 0 Å². The molecule has 2 aromatic rings. The number of nitrogens with one attached hydrogen (secondary N) is 1. The van der Waals surface area contributed by atoms with E-state index < -0.39 is 29.2 Å². The first-order valence-electron chi connectivity index (χ1n) is 6.37. The summed E-state index contributed by atoms with van der Waals surface area (Å²) in [5, 5.41) is 15.7. The van der Waals surface area contributed by atoms with E-state index >= 15 is 0 Å². The topological polar surface area (TPSA) is 84.6 Å². The molecule has 2 N–H and O–H groups in total. The van der Waals surface area contributed by atoms with Gasteiger partial charge in [-0.3, -0.25) is 4.79 Å². The Morgan fingerprint density at radius 3 is 2.77 bits per heavy atom. The van der Waals surface area contributed by atoms with Gasteiger partial charge in [0.25, 0.3) is 5.91 Å². The lowest BCUT2D eigenvalue weighted by Crippen LogP contribution is -2.29. The van der Waals surface area contributed by atoms with Crippen molar-refractivity contribution in [1.29, 1.82) is 0 Å². The van der Waals surface area contributed by atoms with Crippen molar-refractivity contribution in [1.82, 2.24) is 10.5 Å². The van der Waals surface area contributed by atoms with Gasteiger partial charge in [-0.05, 0) is 12.1 Å². The van der Waals surface area contributed by atoms with Gasteiger partial charge in [0, 0.05) is 19.7 Å². The molecule has 0 aliphatic rings. The highest BCUT2D eigenvalue weighted by molar-refractivity contribution is 5.92. The van der Waals surface area contributed by atoms with Crippen molar-refractivity contribution in [2.24, 2.45) is 0 Å². The molecule has 118 valence electrons. The number of benzene rings is 1. The molecule has 8 heteroatoms. The van der Waals surface area contributed by atoms with E-state index in [0.29, 0.717) is 5.76 Å². The van der Waals surface area contributed by atoms with E-state index in [4.69, 9.17) is 9.26 Å². The summed E-state index contributed by atoms with van der Waals surface area (Å²) in [5.74, 6) is -2.05. The van der Waals surface area contributed by atoms with E-state index in [1.54, 1.807) is 0 Å². The third-order valence-corrected chi connectivity index (χ3v) is 2.87. The molecule has 1 amide bonds. The number of hydrogen-bond donors (Lipinski definition) is 2. The number of aliphatic hydroxyl groups excluding tert-OH is 1. The second-order valence-corrected chi connectivity index (χ2v) is 4.47. The molecule has 2 rings (SSSR count). The third-order valence-electron chi connectivity index (χ3n) is 2.87. The van der Waals surface area contributed by atoms with E-state index in [0.717, 1.165) is 12.1 Å². The molecule has 1 heterocycles. The average Bonchev–Trinajstić information content (AvgIpc) is 2.93. The van der Waals surface area contributed by atoms with E-state index in [-0.39, 0.29) is 18.8 Å². The van der Waals surface area contributed by atoms with Crippen LogP contribution in [0.1, 0.15) is 27.9 Å². The smallest absolute Gasteiger partial charge is 0.273 e. The predicted octanol–water partition coefficient (Wildman–Crippen LogP) is 1.56. The van der Waals surface area contributed by atoms with Crippen LogP contribution in [0.4, 0.5) is 8.78 Å². The first-order valence-corrected chi connectivity index (χ1v) is 6.37. The lowest BCUT2D eigenvalue weighted by Gasteiger charge is -2.13. The van der Waals surface area contributed by atoms with Crippen molar-refractivity contribution < 1.29 is 27.9 Å². The summed E-state index contributed by atoms with van der Waals surface area (Å²) in [6.07, 6.45) is -1.52. The van der Waals surface area contributed by atoms with Crippen molar-refractivity contribution in [3.05, 3.63) is 52.9 Å². The number of carbonyl (C=O) groups excluding carboxylic acids is 1. The monoisotopic (exact) mass is 312 g/mol. The average molecular weight is 312 g/mol. The van der Waals surface area contributed by atoms with E-state index in [9.17, 15) is 18.7 Å². The molecule has 1 aromatic carbocycles. The molecule has 0 saturated heterocycles. The lowest BCUT2D eigenvalue weighted by atomic mass is 10.1. The molecule has 0 fully saturated rings. The molecule has 1 atom stereocenters. The Bertz CT molecular complexity index is 640. The van der Waals surface area contributed by atoms with Crippen LogP contribution in [0.25, 0.3) is 0 Å². The Labute approximate surface area is 124 Å². The van der Waals surface area contributed by atoms with E-state index in [1.807, 2.05) is 0 Å². The molecule has 22 heavy (non-hydrogen) atoms. The summed E-state index contributed by atoms with van der Waals surface area (Å²) in [7, 11) is 1.46. The number of ether oxygens (including phenoxy) is 1. The first kappa shape index (κ1) is 16.1. The van der Waals surface area contributed by atoms with Crippen LogP contribution in [0.15, 0.2) is 28.8 Å². The molecule has 0 bridgehead atoms. The summed E-state index contributed by atoms with van der Waals surface area (Å²) < 4.78 is 36.6. The van der Waals surface area contributed by atoms with Gasteiger partial charge in [0.1, 0.15) is 24.3 Å². The van der Waals surface area contributed by atoms with Gasteiger partial charge < -0.3 is 19.7 Å². The molecule has 0 spiro atoms. The highest BCUT2D eigenvalue weighted by atomic mass is 19.1. The summed E-state index contributed by atoms with van der Waals surface area (Å²) in [6.45, 7) is -0.216. The van der Waals surface area contributed by atoms with Crippen LogP contribution < -0.4 is 5.32 Å². The number of nitrogens with zero attached hydrogens (tertiary/aromatic N) is 1. The molecular weight excluding hydrogens is 298 g/mol. The summed E-state index contributed by atoms with van der Waals surface area (Å²) >= 11 is 0. The van der Waals surface area contributed by atoms with Crippen LogP contribution in [-0.4, -0.2) is 29.8 Å². The molecule has 0 radical (unpaired) electrons. The number of methoxy groups -OCH3 is 1. The Morgan fingerprint density at radius 2 is 2.14 bits per heavy atom. The molecule has 0 saturated carbocycles. The fourth-order valence-corrected chi connectivity index (χ4v) is 1.84. The number of hydrogen-bond acceptors (Lipinski definition) is 5. The van der Waals surface area contributed by atoms with Gasteiger partial charge >= 0.3 is 0 Å². The second kappa shape index (κ2) is 7.10. The Hall–Kier alpha value is -2.32. The number of aromatic nitrogens is 1. The molecule has 0 aliphatic carbocycles. The second-order valence-electron chi connectivity index (χ2n) is 4.47. The predicted molar refractivity (Wildman–Crippen MR) is 70.9 cm³/mol. The van der Waals surface area contributed by atoms with Gasteiger partial charge in [-0.1, -0.05) is 11.2 Å². The number of aliphatic hydroxyl groups is 1. The van der Waals surface area contributed by atoms with Gasteiger partial charge in [0.05, 0.1) is 5.56 Å². The maximum atomic E-state index is 13.5. The van der Waals surface area contributed by atoms with Crippen molar-refractivity contribution in [2.75, 3.05) is 13.7 Å². The van der Waals surface area contributed by atoms with Crippen LogP contribution in [0.2, 0.25) is 0 Å². The minimum atomic E-state index is -1.52. The van der Waals surface area contributed by atoms with Crippen molar-refractivity contribution >= 4 is 5.91 Å². The maximum absolute atomic E-state index is 13.5. The van der Waals surface area contributed by atoms with Crippen LogP contribution in [0, 0.1) is 11.6 Å². The minimum absolute atomic E-state index is 0.0201. The molecule has 1 unspecified atom stereocenters. The minimum Gasteiger partial charge on any atom is -0.386 e. The maximum Gasteiger partial charge on any atom is 0.273 e. The quantitative estimate of drug-likeness (QED) is 0.845. The molecule has 1 aromatic heterocycles. The third kappa shape index (κ3) is 3.66. The fourth-order valence-electron chi connectivity index (χ4n) is 1.84. The van der Waals surface area contributed by atoms with Gasteiger partial charge in [0.2, 0.25) is 0 Å². The van der Waals surface area contributed by atoms with Crippen molar-refractivity contribution in [2.45, 2.75) is 12.7 Å². The highest BCUT2D eigenvalue weighted by Gasteiger charge is 2.19. The van der Waals surface area contributed by atoms with Crippen LogP contribution in [0.5, 0.6) is 0 Å². The zero-order valence-electron chi connectivity index (χ0n) is 11.7. The Morgan fingerprint density at radius 1 is 1.45 bits per heavy atom. The number of carbonyl (C=O) groups is 1. The number of halogens is 2. The van der Waals surface area contributed by atoms with E-state index in [1.165, 1.54) is 19.2 Å². The van der Waals surface area contributed by atoms with Gasteiger partial charge in [-0.25, -0.2) is 8.78 Å². The summed E-state index contributed by atoms with van der Waals surface area (Å²) in [4.78, 5) is 11.8. The number of amides is 1. The SMILES string of the molecule is COCc1cc(C(=O)NCC(O)c2c(F)cccc2F)no1. The van der Waals surface area contributed by atoms with Crippen LogP contribution in [-0.2, 0) is 11.3 Å². The van der Waals surface area contributed by atoms with Crippen molar-refractivity contribution in [3.8, 4) is 0 Å². The first-order chi connectivity index (χ1) is 10.5. The zero-order chi connectivity index (χ0) is 16.1. The molecule has 6 nitrogen and oxygen atoms in total. The van der Waals surface area contributed by atoms with E-state index in [2.05, 4.69) is 10.5 Å². The van der Waals surface area contributed by atoms with Crippen molar-refractivity contribution in [3.63, 3.8) is 0 Å². The largest absolute Gasteiger partial charge is 0.386 e. The van der Waals surface area contributed by atoms with Crippen LogP contribution in [0.3, 0.4) is 0 Å². The lowest BCUT2D eigenvalue weighted by molar-refractivity contribution is 0.0902. The number of rotatable bonds is 6. The van der Waals surface area contributed by atoms with Gasteiger partial charge in [0.15, 0.2) is 11.5 Å². The summed E-state index contributed by atoms with van der Waals surface area (Å²) in [6, 6.07) is 4.61. The Balaban J connectivity index is 1.98. The summed E-state index contributed by atoms with van der Waals surface area (Å²) in [5.41, 5.74) is -0.517. The normalized spacial score (nSPS) is 12.2. The highest BCUT2D eigenvalue weighted by Crippen LogP contribution is 2.20.